The standard InChI is InChI=1S/C15H24ClN/c1-12(2)15-8-6-14(7-9-15)11-17-10-4-5-13(3)16/h6-9,12-13,17H,4-5,10-11H2,1-3H3. The van der Waals surface area contributed by atoms with E-state index in [-0.39, 0.29) is 0 Å². The molecule has 1 nitrogen and oxygen atoms in total. The largest absolute Gasteiger partial charge is 0.313 e. The van der Waals surface area contributed by atoms with Crippen LogP contribution in [-0.2, 0) is 6.54 Å². The molecule has 0 spiro atoms. The van der Waals surface area contributed by atoms with E-state index in [9.17, 15) is 0 Å². The fourth-order valence-corrected chi connectivity index (χ4v) is 1.92. The zero-order valence-corrected chi connectivity index (χ0v) is 11.9. The molecule has 1 aromatic carbocycles. The summed E-state index contributed by atoms with van der Waals surface area (Å²) in [5.41, 5.74) is 2.76. The van der Waals surface area contributed by atoms with Gasteiger partial charge in [0.1, 0.15) is 0 Å². The minimum Gasteiger partial charge on any atom is -0.313 e. The number of hydrogen-bond donors (Lipinski definition) is 1. The van der Waals surface area contributed by atoms with Crippen LogP contribution in [0.4, 0.5) is 0 Å². The van der Waals surface area contributed by atoms with Gasteiger partial charge in [0.25, 0.3) is 0 Å². The lowest BCUT2D eigenvalue weighted by Gasteiger charge is -2.08. The van der Waals surface area contributed by atoms with E-state index in [1.807, 2.05) is 6.92 Å². The van der Waals surface area contributed by atoms with Crippen molar-refractivity contribution in [3.05, 3.63) is 35.4 Å². The van der Waals surface area contributed by atoms with E-state index in [1.165, 1.54) is 11.1 Å². The maximum Gasteiger partial charge on any atom is 0.0308 e. The molecule has 1 unspecified atom stereocenters. The minimum atomic E-state index is 0.294. The Balaban J connectivity index is 2.23. The van der Waals surface area contributed by atoms with E-state index in [4.69, 9.17) is 11.6 Å². The molecule has 0 saturated carbocycles. The number of rotatable bonds is 7. The molecule has 1 rings (SSSR count). The fraction of sp³-hybridized carbons (Fsp3) is 0.600. The van der Waals surface area contributed by atoms with Gasteiger partial charge in [-0.2, -0.15) is 0 Å². The Bertz CT molecular complexity index is 303. The van der Waals surface area contributed by atoms with E-state index >= 15 is 0 Å². The van der Waals surface area contributed by atoms with Crippen LogP contribution in [0.1, 0.15) is 50.7 Å². The Kier molecular flexibility index (Phi) is 6.61. The fourth-order valence-electron chi connectivity index (χ4n) is 1.76. The van der Waals surface area contributed by atoms with Crippen LogP contribution in [0.2, 0.25) is 0 Å². The first-order valence-electron chi connectivity index (χ1n) is 6.53. The van der Waals surface area contributed by atoms with E-state index in [1.54, 1.807) is 0 Å². The van der Waals surface area contributed by atoms with Crippen LogP contribution >= 0.6 is 11.6 Å². The highest BCUT2D eigenvalue weighted by atomic mass is 35.5. The average Bonchev–Trinajstić information content (AvgIpc) is 2.29. The number of benzene rings is 1. The van der Waals surface area contributed by atoms with Gasteiger partial charge in [0.05, 0.1) is 0 Å². The normalized spacial score (nSPS) is 13.0. The van der Waals surface area contributed by atoms with Crippen LogP contribution in [0.3, 0.4) is 0 Å². The molecule has 1 aromatic rings. The molecule has 96 valence electrons. The molecule has 0 heterocycles. The van der Waals surface area contributed by atoms with Gasteiger partial charge in [-0.15, -0.1) is 11.6 Å². The third-order valence-electron chi connectivity index (χ3n) is 2.93. The molecular formula is C15H24ClN. The topological polar surface area (TPSA) is 12.0 Å². The number of nitrogens with one attached hydrogen (secondary N) is 1. The maximum atomic E-state index is 5.89. The summed E-state index contributed by atoms with van der Waals surface area (Å²) in [6.07, 6.45) is 2.23. The second-order valence-electron chi connectivity index (χ2n) is 5.00. The first-order chi connectivity index (χ1) is 8.09. The minimum absolute atomic E-state index is 0.294. The molecule has 17 heavy (non-hydrogen) atoms. The zero-order chi connectivity index (χ0) is 12.7. The van der Waals surface area contributed by atoms with Gasteiger partial charge in [0, 0.05) is 11.9 Å². The molecule has 0 radical (unpaired) electrons. The van der Waals surface area contributed by atoms with Crippen molar-refractivity contribution in [3.63, 3.8) is 0 Å². The summed E-state index contributed by atoms with van der Waals surface area (Å²) in [6.45, 7) is 8.49. The van der Waals surface area contributed by atoms with Crippen molar-refractivity contribution in [1.82, 2.24) is 5.32 Å². The molecule has 0 saturated heterocycles. The monoisotopic (exact) mass is 253 g/mol. The van der Waals surface area contributed by atoms with Gasteiger partial charge in [-0.25, -0.2) is 0 Å². The molecule has 0 aliphatic heterocycles. The summed E-state index contributed by atoms with van der Waals surface area (Å²) in [5, 5.41) is 3.74. The van der Waals surface area contributed by atoms with Crippen molar-refractivity contribution < 1.29 is 0 Å². The second-order valence-corrected chi connectivity index (χ2v) is 5.74. The molecule has 0 aliphatic carbocycles. The molecule has 2 heteroatoms. The second kappa shape index (κ2) is 7.73. The van der Waals surface area contributed by atoms with E-state index in [0.717, 1.165) is 25.9 Å². The van der Waals surface area contributed by atoms with Crippen LogP contribution in [-0.4, -0.2) is 11.9 Å². The summed E-state index contributed by atoms with van der Waals surface area (Å²) in [4.78, 5) is 0. The quantitative estimate of drug-likeness (QED) is 0.564. The predicted octanol–water partition coefficient (Wildman–Crippen LogP) is 4.31. The average molecular weight is 254 g/mol. The highest BCUT2D eigenvalue weighted by molar-refractivity contribution is 6.20. The molecular weight excluding hydrogens is 230 g/mol. The van der Waals surface area contributed by atoms with Gasteiger partial charge in [0.2, 0.25) is 0 Å². The molecule has 1 N–H and O–H groups in total. The van der Waals surface area contributed by atoms with E-state index in [2.05, 4.69) is 43.4 Å². The summed E-state index contributed by atoms with van der Waals surface area (Å²) in [6, 6.07) is 8.88. The first-order valence-corrected chi connectivity index (χ1v) is 6.97. The molecule has 0 amide bonds. The van der Waals surface area contributed by atoms with Gasteiger partial charge in [-0.1, -0.05) is 38.1 Å². The summed E-state index contributed by atoms with van der Waals surface area (Å²) in [5.74, 6) is 0.613. The van der Waals surface area contributed by atoms with E-state index in [0.29, 0.717) is 11.3 Å². The summed E-state index contributed by atoms with van der Waals surface area (Å²) < 4.78 is 0. The molecule has 0 aliphatic rings. The first kappa shape index (κ1) is 14.5. The Morgan fingerprint density at radius 1 is 1.12 bits per heavy atom. The van der Waals surface area contributed by atoms with Crippen LogP contribution < -0.4 is 5.32 Å². The predicted molar refractivity (Wildman–Crippen MR) is 76.8 cm³/mol. The smallest absolute Gasteiger partial charge is 0.0308 e. The lowest BCUT2D eigenvalue weighted by atomic mass is 10.0. The Labute approximate surface area is 111 Å². The van der Waals surface area contributed by atoms with Gasteiger partial charge in [0.15, 0.2) is 0 Å². The van der Waals surface area contributed by atoms with Crippen LogP contribution in [0, 0.1) is 0 Å². The van der Waals surface area contributed by atoms with Gasteiger partial charge < -0.3 is 5.32 Å². The lowest BCUT2D eigenvalue weighted by Crippen LogP contribution is -2.15. The third-order valence-corrected chi connectivity index (χ3v) is 3.15. The van der Waals surface area contributed by atoms with Gasteiger partial charge in [-0.05, 0) is 43.4 Å². The number of halogens is 1. The Hall–Kier alpha value is -0.530. The molecule has 0 aromatic heterocycles. The highest BCUT2D eigenvalue weighted by Gasteiger charge is 1.99. The SMILES string of the molecule is CC(Cl)CCCNCc1ccc(C(C)C)cc1. The van der Waals surface area contributed by atoms with Crippen LogP contribution in [0.25, 0.3) is 0 Å². The van der Waals surface area contributed by atoms with Gasteiger partial charge in [-0.3, -0.25) is 0 Å². The van der Waals surface area contributed by atoms with Crippen molar-refractivity contribution in [2.45, 2.75) is 51.5 Å². The molecule has 1 atom stereocenters. The number of alkyl halides is 1. The maximum absolute atomic E-state index is 5.89. The van der Waals surface area contributed by atoms with E-state index < -0.39 is 0 Å². The van der Waals surface area contributed by atoms with Gasteiger partial charge >= 0.3 is 0 Å². The summed E-state index contributed by atoms with van der Waals surface area (Å²) in [7, 11) is 0. The lowest BCUT2D eigenvalue weighted by molar-refractivity contribution is 0.619. The van der Waals surface area contributed by atoms with Crippen molar-refractivity contribution in [2.24, 2.45) is 0 Å². The van der Waals surface area contributed by atoms with Crippen molar-refractivity contribution in [2.75, 3.05) is 6.54 Å². The van der Waals surface area contributed by atoms with Crippen molar-refractivity contribution >= 4 is 11.6 Å². The highest BCUT2D eigenvalue weighted by Crippen LogP contribution is 2.14. The zero-order valence-electron chi connectivity index (χ0n) is 11.2. The number of hydrogen-bond acceptors (Lipinski definition) is 1. The van der Waals surface area contributed by atoms with Crippen LogP contribution in [0.15, 0.2) is 24.3 Å². The molecule has 0 fully saturated rings. The summed E-state index contributed by atoms with van der Waals surface area (Å²) >= 11 is 5.89. The van der Waals surface area contributed by atoms with Crippen molar-refractivity contribution in [3.8, 4) is 0 Å². The third kappa shape index (κ3) is 6.09. The van der Waals surface area contributed by atoms with Crippen LogP contribution in [0.5, 0.6) is 0 Å². The molecule has 0 bridgehead atoms. The van der Waals surface area contributed by atoms with Crippen molar-refractivity contribution in [1.29, 1.82) is 0 Å². The Morgan fingerprint density at radius 2 is 1.76 bits per heavy atom. The Morgan fingerprint density at radius 3 is 2.29 bits per heavy atom.